The monoisotopic (exact) mass is 373 g/mol. The van der Waals surface area contributed by atoms with Gasteiger partial charge in [-0.05, 0) is 43.9 Å². The molecule has 146 valence electrons. The van der Waals surface area contributed by atoms with Crippen LogP contribution >= 0.6 is 0 Å². The van der Waals surface area contributed by atoms with E-state index in [-0.39, 0.29) is 24.0 Å². The topological polar surface area (TPSA) is 108 Å². The van der Waals surface area contributed by atoms with Crippen LogP contribution in [-0.2, 0) is 4.79 Å². The number of rotatable bonds is 5. The maximum atomic E-state index is 12.7. The Hall–Kier alpha value is -2.57. The molecule has 1 aromatic rings. The van der Waals surface area contributed by atoms with Crippen molar-refractivity contribution in [1.29, 1.82) is 0 Å². The van der Waals surface area contributed by atoms with Crippen molar-refractivity contribution in [3.8, 4) is 0 Å². The zero-order valence-electron chi connectivity index (χ0n) is 15.4. The van der Waals surface area contributed by atoms with Crippen LogP contribution < -0.4 is 16.0 Å². The molecule has 2 aliphatic rings. The highest BCUT2D eigenvalue weighted by molar-refractivity contribution is 5.97. The fraction of sp³-hybridized carbons (Fsp3) is 0.550. The van der Waals surface area contributed by atoms with Gasteiger partial charge in [-0.1, -0.05) is 31.7 Å². The number of anilines is 1. The van der Waals surface area contributed by atoms with Crippen LogP contribution in [0, 0.1) is 5.92 Å². The predicted molar refractivity (Wildman–Crippen MR) is 102 cm³/mol. The number of benzene rings is 1. The molecule has 0 aromatic heterocycles. The van der Waals surface area contributed by atoms with Crippen LogP contribution in [0.4, 0.5) is 10.5 Å². The fourth-order valence-corrected chi connectivity index (χ4v) is 3.52. The molecule has 2 atom stereocenters. The first-order valence-electron chi connectivity index (χ1n) is 9.74. The molecule has 0 radical (unpaired) electrons. The van der Waals surface area contributed by atoms with E-state index < -0.39 is 11.9 Å². The highest BCUT2D eigenvalue weighted by atomic mass is 16.4. The summed E-state index contributed by atoms with van der Waals surface area (Å²) in [4.78, 5) is 36.1. The first-order chi connectivity index (χ1) is 13.0. The smallest absolute Gasteiger partial charge is 0.319 e. The Balaban J connectivity index is 1.64. The first-order valence-corrected chi connectivity index (χ1v) is 9.74. The second-order valence-electron chi connectivity index (χ2n) is 7.47. The summed E-state index contributed by atoms with van der Waals surface area (Å²) in [6.07, 6.45) is 7.16. The van der Waals surface area contributed by atoms with E-state index >= 15 is 0 Å². The molecule has 7 heteroatoms. The van der Waals surface area contributed by atoms with E-state index in [0.29, 0.717) is 24.1 Å². The summed E-state index contributed by atoms with van der Waals surface area (Å²) >= 11 is 0. The van der Waals surface area contributed by atoms with Gasteiger partial charge in [-0.3, -0.25) is 9.59 Å². The molecule has 2 fully saturated rings. The normalized spacial score (nSPS) is 22.8. The van der Waals surface area contributed by atoms with Gasteiger partial charge in [-0.15, -0.1) is 0 Å². The summed E-state index contributed by atoms with van der Waals surface area (Å²) < 4.78 is 0. The van der Waals surface area contributed by atoms with E-state index in [1.165, 1.54) is 0 Å². The number of carboxylic acids is 1. The van der Waals surface area contributed by atoms with Crippen molar-refractivity contribution in [3.05, 3.63) is 29.8 Å². The number of urea groups is 1. The van der Waals surface area contributed by atoms with Gasteiger partial charge in [0, 0.05) is 23.3 Å². The minimum atomic E-state index is -0.852. The number of carbonyl (C=O) groups excluding carboxylic acids is 2. The summed E-state index contributed by atoms with van der Waals surface area (Å²) in [7, 11) is 0. The molecule has 3 amide bonds. The van der Waals surface area contributed by atoms with Gasteiger partial charge >= 0.3 is 12.0 Å². The lowest BCUT2D eigenvalue weighted by Gasteiger charge is -2.27. The van der Waals surface area contributed by atoms with E-state index in [1.807, 2.05) is 0 Å². The van der Waals surface area contributed by atoms with Crippen LogP contribution in [0.15, 0.2) is 24.3 Å². The van der Waals surface area contributed by atoms with Crippen molar-refractivity contribution < 1.29 is 19.5 Å². The third-order valence-corrected chi connectivity index (χ3v) is 5.19. The van der Waals surface area contributed by atoms with Crippen molar-refractivity contribution in [2.75, 3.05) is 5.32 Å². The minimum Gasteiger partial charge on any atom is -0.481 e. The van der Waals surface area contributed by atoms with E-state index in [0.717, 1.165) is 38.5 Å². The maximum Gasteiger partial charge on any atom is 0.319 e. The third kappa shape index (κ3) is 5.70. The maximum absolute atomic E-state index is 12.7. The first kappa shape index (κ1) is 19.2. The standard InChI is InChI=1S/C20H27N3O4/c24-18(23-17-9-4-2-1-3-8-16(17)19(25)26)13-6-5-7-15(12-13)22-20(27)21-14-10-11-14/h5-7,12,14,16-17H,1-4,8-11H2,(H,23,24)(H,25,26)(H2,21,22,27). The molecular formula is C20H27N3O4. The van der Waals surface area contributed by atoms with Crippen LogP contribution in [0.1, 0.15) is 61.7 Å². The Morgan fingerprint density at radius 3 is 2.37 bits per heavy atom. The number of carbonyl (C=O) groups is 3. The summed E-state index contributed by atoms with van der Waals surface area (Å²) in [6, 6.07) is 6.31. The Bertz CT molecular complexity index is 702. The zero-order valence-corrected chi connectivity index (χ0v) is 15.4. The lowest BCUT2D eigenvalue weighted by molar-refractivity contribution is -0.143. The average Bonchev–Trinajstić information content (AvgIpc) is 3.41. The number of carboxylic acid groups (broad SMARTS) is 1. The second-order valence-corrected chi connectivity index (χ2v) is 7.47. The van der Waals surface area contributed by atoms with Crippen molar-refractivity contribution in [3.63, 3.8) is 0 Å². The molecule has 1 aromatic carbocycles. The van der Waals surface area contributed by atoms with Crippen LogP contribution in [0.25, 0.3) is 0 Å². The molecule has 4 N–H and O–H groups in total. The van der Waals surface area contributed by atoms with E-state index in [4.69, 9.17) is 0 Å². The van der Waals surface area contributed by atoms with Gasteiger partial charge in [0.25, 0.3) is 5.91 Å². The van der Waals surface area contributed by atoms with Gasteiger partial charge in [-0.25, -0.2) is 4.79 Å². The molecule has 2 unspecified atom stereocenters. The molecule has 0 spiro atoms. The molecule has 27 heavy (non-hydrogen) atoms. The lowest BCUT2D eigenvalue weighted by Crippen LogP contribution is -2.44. The van der Waals surface area contributed by atoms with Crippen LogP contribution in [0.3, 0.4) is 0 Å². The third-order valence-electron chi connectivity index (χ3n) is 5.19. The van der Waals surface area contributed by atoms with Crippen molar-refractivity contribution in [2.24, 2.45) is 5.92 Å². The van der Waals surface area contributed by atoms with E-state index in [1.54, 1.807) is 24.3 Å². The summed E-state index contributed by atoms with van der Waals surface area (Å²) in [5.74, 6) is -1.72. The van der Waals surface area contributed by atoms with Crippen LogP contribution in [0.2, 0.25) is 0 Å². The molecule has 2 aliphatic carbocycles. The Labute approximate surface area is 158 Å². The minimum absolute atomic E-state index is 0.253. The van der Waals surface area contributed by atoms with Crippen molar-refractivity contribution in [2.45, 2.75) is 63.5 Å². The summed E-state index contributed by atoms with van der Waals surface area (Å²) in [5.41, 5.74) is 0.943. The van der Waals surface area contributed by atoms with Gasteiger partial charge in [0.1, 0.15) is 0 Å². The van der Waals surface area contributed by atoms with Gasteiger partial charge < -0.3 is 21.1 Å². The molecule has 0 aliphatic heterocycles. The number of nitrogens with one attached hydrogen (secondary N) is 3. The molecule has 0 saturated heterocycles. The number of aliphatic carboxylic acids is 1. The predicted octanol–water partition coefficient (Wildman–Crippen LogP) is 3.12. The Morgan fingerprint density at radius 1 is 0.926 bits per heavy atom. The fourth-order valence-electron chi connectivity index (χ4n) is 3.52. The van der Waals surface area contributed by atoms with E-state index in [9.17, 15) is 19.5 Å². The Kier molecular flexibility index (Phi) is 6.32. The van der Waals surface area contributed by atoms with Crippen molar-refractivity contribution >= 4 is 23.6 Å². The summed E-state index contributed by atoms with van der Waals surface area (Å²) in [6.45, 7) is 0. The van der Waals surface area contributed by atoms with Crippen LogP contribution in [-0.4, -0.2) is 35.1 Å². The summed E-state index contributed by atoms with van der Waals surface area (Å²) in [5, 5.41) is 18.0. The van der Waals surface area contributed by atoms with Gasteiger partial charge in [0.15, 0.2) is 0 Å². The highest BCUT2D eigenvalue weighted by Gasteiger charge is 2.30. The lowest BCUT2D eigenvalue weighted by atomic mass is 9.86. The molecule has 7 nitrogen and oxygen atoms in total. The quantitative estimate of drug-likeness (QED) is 0.636. The molecule has 0 bridgehead atoms. The number of hydrogen-bond acceptors (Lipinski definition) is 3. The number of hydrogen-bond donors (Lipinski definition) is 4. The Morgan fingerprint density at radius 2 is 1.67 bits per heavy atom. The molecule has 3 rings (SSSR count). The number of amides is 3. The largest absolute Gasteiger partial charge is 0.481 e. The van der Waals surface area contributed by atoms with Crippen LogP contribution in [0.5, 0.6) is 0 Å². The zero-order chi connectivity index (χ0) is 19.2. The second kappa shape index (κ2) is 8.88. The van der Waals surface area contributed by atoms with Gasteiger partial charge in [0.2, 0.25) is 0 Å². The molecule has 0 heterocycles. The molecular weight excluding hydrogens is 346 g/mol. The molecule has 2 saturated carbocycles. The van der Waals surface area contributed by atoms with Crippen molar-refractivity contribution in [1.82, 2.24) is 10.6 Å². The average molecular weight is 373 g/mol. The van der Waals surface area contributed by atoms with E-state index in [2.05, 4.69) is 16.0 Å². The highest BCUT2D eigenvalue weighted by Crippen LogP contribution is 2.24. The SMILES string of the molecule is O=C(Nc1cccc(C(=O)NC2CCCCCCC2C(=O)O)c1)NC1CC1. The van der Waals surface area contributed by atoms with Gasteiger partial charge in [-0.2, -0.15) is 0 Å². The van der Waals surface area contributed by atoms with Gasteiger partial charge in [0.05, 0.1) is 5.92 Å².